The molecule has 0 unspecified atom stereocenters. The van der Waals surface area contributed by atoms with E-state index < -0.39 is 0 Å². The van der Waals surface area contributed by atoms with E-state index in [1.807, 2.05) is 12.1 Å². The Bertz CT molecular complexity index is 485. The molecule has 0 radical (unpaired) electrons. The Labute approximate surface area is 134 Å². The van der Waals surface area contributed by atoms with Gasteiger partial charge in [0.05, 0.1) is 7.11 Å². The summed E-state index contributed by atoms with van der Waals surface area (Å²) in [5, 5.41) is 9.96. The monoisotopic (exact) mass is 303 g/mol. The number of allylic oxidation sites excluding steroid dienone is 1. The van der Waals surface area contributed by atoms with Crippen LogP contribution in [0.4, 0.5) is 0 Å². The van der Waals surface area contributed by atoms with Crippen molar-refractivity contribution in [2.45, 2.75) is 33.1 Å². The summed E-state index contributed by atoms with van der Waals surface area (Å²) in [6.07, 6.45) is 5.26. The quantitative estimate of drug-likeness (QED) is 0.819. The lowest BCUT2D eigenvalue weighted by atomic mass is 9.74. The molecule has 1 aliphatic rings. The summed E-state index contributed by atoms with van der Waals surface area (Å²) in [5.41, 5.74) is 2.74. The first-order valence-corrected chi connectivity index (χ1v) is 8.19. The molecule has 1 N–H and O–H groups in total. The van der Waals surface area contributed by atoms with Gasteiger partial charge in [-0.3, -0.25) is 4.90 Å². The smallest absolute Gasteiger partial charge is 0.118 e. The van der Waals surface area contributed by atoms with E-state index in [0.717, 1.165) is 44.6 Å². The van der Waals surface area contributed by atoms with E-state index in [0.29, 0.717) is 0 Å². The fourth-order valence-corrected chi connectivity index (χ4v) is 3.20. The summed E-state index contributed by atoms with van der Waals surface area (Å²) in [6.45, 7) is 7.76. The highest BCUT2D eigenvalue weighted by atomic mass is 16.5. The van der Waals surface area contributed by atoms with Crippen molar-refractivity contribution in [3.8, 4) is 5.75 Å². The van der Waals surface area contributed by atoms with Crippen LogP contribution in [0.15, 0.2) is 35.9 Å². The lowest BCUT2D eigenvalue weighted by Gasteiger charge is -2.41. The van der Waals surface area contributed by atoms with Gasteiger partial charge < -0.3 is 9.84 Å². The number of piperidine rings is 1. The van der Waals surface area contributed by atoms with E-state index in [1.165, 1.54) is 11.1 Å². The molecule has 0 saturated carbocycles. The molecule has 1 aromatic carbocycles. The topological polar surface area (TPSA) is 32.7 Å². The second-order valence-electron chi connectivity index (χ2n) is 6.59. The van der Waals surface area contributed by atoms with Gasteiger partial charge in [0.15, 0.2) is 0 Å². The van der Waals surface area contributed by atoms with E-state index in [-0.39, 0.29) is 12.0 Å². The van der Waals surface area contributed by atoms with Crippen molar-refractivity contribution in [3.63, 3.8) is 0 Å². The van der Waals surface area contributed by atoms with Gasteiger partial charge in [0.1, 0.15) is 5.75 Å². The van der Waals surface area contributed by atoms with Crippen LogP contribution in [0.2, 0.25) is 0 Å². The van der Waals surface area contributed by atoms with Gasteiger partial charge in [-0.2, -0.15) is 0 Å². The molecule has 3 nitrogen and oxygen atoms in total. The van der Waals surface area contributed by atoms with Crippen molar-refractivity contribution in [1.29, 1.82) is 0 Å². The molecular weight excluding hydrogens is 274 g/mol. The van der Waals surface area contributed by atoms with Crippen LogP contribution in [0.3, 0.4) is 0 Å². The Kier molecular flexibility index (Phi) is 6.04. The molecule has 122 valence electrons. The average Bonchev–Trinajstić information content (AvgIpc) is 2.57. The lowest BCUT2D eigenvalue weighted by Crippen LogP contribution is -2.43. The normalized spacial score (nSPS) is 19.2. The van der Waals surface area contributed by atoms with Crippen LogP contribution in [0.5, 0.6) is 5.75 Å². The van der Waals surface area contributed by atoms with Crippen molar-refractivity contribution in [2.75, 3.05) is 33.4 Å². The second kappa shape index (κ2) is 7.80. The zero-order chi connectivity index (χ0) is 16.0. The minimum Gasteiger partial charge on any atom is -0.497 e. The van der Waals surface area contributed by atoms with Crippen LogP contribution in [0.1, 0.15) is 32.3 Å². The number of aliphatic hydroxyl groups excluding tert-OH is 1. The van der Waals surface area contributed by atoms with Gasteiger partial charge in [-0.05, 0) is 69.3 Å². The van der Waals surface area contributed by atoms with Crippen LogP contribution in [-0.2, 0) is 6.42 Å². The molecule has 1 aliphatic heterocycles. The first kappa shape index (κ1) is 17.0. The third-order valence-corrected chi connectivity index (χ3v) is 4.96. The summed E-state index contributed by atoms with van der Waals surface area (Å²) in [7, 11) is 1.69. The average molecular weight is 303 g/mol. The van der Waals surface area contributed by atoms with Crippen molar-refractivity contribution in [3.05, 3.63) is 41.5 Å². The molecule has 3 heteroatoms. The molecule has 0 bridgehead atoms. The zero-order valence-electron chi connectivity index (χ0n) is 14.1. The molecular formula is C19H29NO2. The molecule has 0 aliphatic carbocycles. The van der Waals surface area contributed by atoms with Crippen LogP contribution in [0, 0.1) is 5.41 Å². The molecule has 1 heterocycles. The third kappa shape index (κ3) is 4.34. The summed E-state index contributed by atoms with van der Waals surface area (Å²) in [5.74, 6) is 0.887. The van der Waals surface area contributed by atoms with Gasteiger partial charge in [0, 0.05) is 13.2 Å². The van der Waals surface area contributed by atoms with E-state index >= 15 is 0 Å². The Hall–Kier alpha value is -1.32. The molecule has 2 rings (SSSR count). The maximum Gasteiger partial charge on any atom is 0.118 e. The minimum absolute atomic E-state index is 0.0366. The van der Waals surface area contributed by atoms with Crippen molar-refractivity contribution >= 4 is 0 Å². The molecule has 0 amide bonds. The fourth-order valence-electron chi connectivity index (χ4n) is 3.20. The number of ether oxygens (including phenoxy) is 1. The van der Waals surface area contributed by atoms with Crippen molar-refractivity contribution < 1.29 is 9.84 Å². The Morgan fingerprint density at radius 1 is 1.27 bits per heavy atom. The van der Waals surface area contributed by atoms with Gasteiger partial charge in [-0.25, -0.2) is 0 Å². The highest BCUT2D eigenvalue weighted by molar-refractivity contribution is 5.28. The maximum absolute atomic E-state index is 9.96. The fraction of sp³-hybridized carbons (Fsp3) is 0.579. The summed E-state index contributed by atoms with van der Waals surface area (Å²) < 4.78 is 5.21. The van der Waals surface area contributed by atoms with Crippen LogP contribution >= 0.6 is 0 Å². The molecule has 0 atom stereocenters. The van der Waals surface area contributed by atoms with E-state index in [2.05, 4.69) is 37.0 Å². The molecule has 22 heavy (non-hydrogen) atoms. The predicted molar refractivity (Wildman–Crippen MR) is 91.3 cm³/mol. The van der Waals surface area contributed by atoms with Crippen LogP contribution in [-0.4, -0.2) is 43.4 Å². The molecule has 1 fully saturated rings. The van der Waals surface area contributed by atoms with Crippen LogP contribution < -0.4 is 4.74 Å². The Balaban J connectivity index is 1.96. The largest absolute Gasteiger partial charge is 0.497 e. The van der Waals surface area contributed by atoms with E-state index in [9.17, 15) is 5.11 Å². The van der Waals surface area contributed by atoms with Crippen molar-refractivity contribution in [1.82, 2.24) is 4.90 Å². The van der Waals surface area contributed by atoms with Gasteiger partial charge in [-0.1, -0.05) is 23.8 Å². The second-order valence-corrected chi connectivity index (χ2v) is 6.59. The molecule has 0 spiro atoms. The zero-order valence-corrected chi connectivity index (χ0v) is 14.1. The van der Waals surface area contributed by atoms with Gasteiger partial charge in [0.2, 0.25) is 0 Å². The van der Waals surface area contributed by atoms with Gasteiger partial charge >= 0.3 is 0 Å². The summed E-state index contributed by atoms with van der Waals surface area (Å²) >= 11 is 0. The number of likely N-dealkylation sites (tertiary alicyclic amines) is 1. The summed E-state index contributed by atoms with van der Waals surface area (Å²) in [6, 6.07) is 8.25. The highest BCUT2D eigenvalue weighted by Gasteiger charge is 2.34. The maximum atomic E-state index is 9.96. The number of methoxy groups -OCH3 is 1. The standard InChI is InChI=1S/C19H29NO2/c1-4-16(2)14-20-11-9-19(15-21,10-12-20)13-17-5-7-18(22-3)8-6-17/h4-8,21H,9-15H2,1-3H3. The molecule has 1 aromatic rings. The number of hydrogen-bond donors (Lipinski definition) is 1. The highest BCUT2D eigenvalue weighted by Crippen LogP contribution is 2.35. The van der Waals surface area contributed by atoms with E-state index in [4.69, 9.17) is 4.74 Å². The Morgan fingerprint density at radius 2 is 1.91 bits per heavy atom. The first-order valence-electron chi connectivity index (χ1n) is 8.19. The number of benzene rings is 1. The van der Waals surface area contributed by atoms with Gasteiger partial charge in [-0.15, -0.1) is 0 Å². The Morgan fingerprint density at radius 3 is 2.41 bits per heavy atom. The van der Waals surface area contributed by atoms with Crippen molar-refractivity contribution in [2.24, 2.45) is 5.41 Å². The SMILES string of the molecule is CC=C(C)CN1CCC(CO)(Cc2ccc(OC)cc2)CC1. The van der Waals surface area contributed by atoms with E-state index in [1.54, 1.807) is 7.11 Å². The van der Waals surface area contributed by atoms with Gasteiger partial charge in [0.25, 0.3) is 0 Å². The number of nitrogens with zero attached hydrogens (tertiary/aromatic N) is 1. The number of hydrogen-bond acceptors (Lipinski definition) is 3. The minimum atomic E-state index is 0.0366. The molecule has 1 saturated heterocycles. The third-order valence-electron chi connectivity index (χ3n) is 4.96. The van der Waals surface area contributed by atoms with Crippen LogP contribution in [0.25, 0.3) is 0 Å². The first-order chi connectivity index (χ1) is 10.6. The molecule has 0 aromatic heterocycles. The summed E-state index contributed by atoms with van der Waals surface area (Å²) in [4.78, 5) is 2.50. The lowest BCUT2D eigenvalue weighted by molar-refractivity contribution is 0.0474. The number of aliphatic hydroxyl groups is 1. The predicted octanol–water partition coefficient (Wildman–Crippen LogP) is 3.28. The number of rotatable bonds is 6.